The molecule has 0 atom stereocenters. The average molecular weight is 322 g/mol. The topological polar surface area (TPSA) is 22.1 Å². The van der Waals surface area contributed by atoms with Crippen LogP contribution in [0.2, 0.25) is 0 Å². The number of halogens is 1. The van der Waals surface area contributed by atoms with Crippen molar-refractivity contribution in [2.75, 3.05) is 7.11 Å². The zero-order valence-corrected chi connectivity index (χ0v) is 13.1. The van der Waals surface area contributed by atoms with Crippen molar-refractivity contribution in [3.05, 3.63) is 54.6 Å². The van der Waals surface area contributed by atoms with E-state index in [9.17, 15) is 0 Å². The van der Waals surface area contributed by atoms with Gasteiger partial charge >= 0.3 is 15.3 Å². The second-order valence-corrected chi connectivity index (χ2v) is 6.09. The minimum absolute atomic E-state index is 0. The van der Waals surface area contributed by atoms with Crippen LogP contribution in [0, 0.1) is 0 Å². The standard InChI is InChI=1S/C15H12NOS2.ClH/c1-17-13-9-7-12(8-10-13)15-16-14(18-19-15)11-5-3-2-4-6-11;/h2-10H,1H3;1H/q+1;/p-1. The molecule has 0 saturated heterocycles. The highest BCUT2D eigenvalue weighted by atomic mass is 35.5. The molecule has 0 bridgehead atoms. The molecule has 0 fully saturated rings. The molecule has 0 N–H and O–H groups in total. The highest BCUT2D eigenvalue weighted by Crippen LogP contribution is 2.34. The fourth-order valence-corrected chi connectivity index (χ4v) is 3.96. The first-order valence-corrected chi connectivity index (χ1v) is 8.02. The molecule has 20 heavy (non-hydrogen) atoms. The summed E-state index contributed by atoms with van der Waals surface area (Å²) in [6, 6.07) is 18.3. The van der Waals surface area contributed by atoms with Crippen LogP contribution >= 0.6 is 20.7 Å². The first-order valence-electron chi connectivity index (χ1n) is 5.87. The van der Waals surface area contributed by atoms with Crippen molar-refractivity contribution in [3.63, 3.8) is 0 Å². The van der Waals surface area contributed by atoms with E-state index in [2.05, 4.69) is 12.1 Å². The van der Waals surface area contributed by atoms with Gasteiger partial charge in [0.15, 0.2) is 15.3 Å². The molecule has 2 aromatic carbocycles. The van der Waals surface area contributed by atoms with Gasteiger partial charge in [-0.1, -0.05) is 18.2 Å². The zero-order chi connectivity index (χ0) is 13.1. The number of benzene rings is 2. The van der Waals surface area contributed by atoms with Gasteiger partial charge in [-0.15, -0.1) is 0 Å². The van der Waals surface area contributed by atoms with Gasteiger partial charge < -0.3 is 17.1 Å². The normalized spacial score (nSPS) is 9.85. The predicted octanol–water partition coefficient (Wildman–Crippen LogP) is 1.83. The summed E-state index contributed by atoms with van der Waals surface area (Å²) in [5.74, 6) is 0.868. The Bertz CT molecular complexity index is 668. The van der Waals surface area contributed by atoms with Crippen LogP contribution in [0.3, 0.4) is 0 Å². The number of rotatable bonds is 3. The average Bonchev–Trinajstić information content (AvgIpc) is 2.98. The summed E-state index contributed by atoms with van der Waals surface area (Å²) in [6.07, 6.45) is 0. The Kier molecular flexibility index (Phi) is 5.06. The van der Waals surface area contributed by atoms with E-state index < -0.39 is 0 Å². The number of hydrogen-bond donors (Lipinski definition) is 0. The lowest BCUT2D eigenvalue weighted by Crippen LogP contribution is -3.00. The summed E-state index contributed by atoms with van der Waals surface area (Å²) in [5, 5.41) is 2.11. The third-order valence-corrected chi connectivity index (χ3v) is 5.01. The van der Waals surface area contributed by atoms with Gasteiger partial charge in [-0.05, 0) is 36.4 Å². The molecule has 0 spiro atoms. The predicted molar refractivity (Wildman–Crippen MR) is 81.8 cm³/mol. The molecule has 0 radical (unpaired) electrons. The van der Waals surface area contributed by atoms with Crippen molar-refractivity contribution in [1.29, 1.82) is 0 Å². The van der Waals surface area contributed by atoms with Crippen LogP contribution in [0.4, 0.5) is 0 Å². The fourth-order valence-electron chi connectivity index (χ4n) is 1.75. The van der Waals surface area contributed by atoms with Crippen LogP contribution in [-0.2, 0) is 0 Å². The van der Waals surface area contributed by atoms with Gasteiger partial charge in [0.25, 0.3) is 0 Å². The monoisotopic (exact) mass is 321 g/mol. The second-order valence-electron chi connectivity index (χ2n) is 3.98. The van der Waals surface area contributed by atoms with Gasteiger partial charge in [0.05, 0.1) is 12.7 Å². The number of ether oxygens (including phenoxy) is 1. The number of nitrogens with zero attached hydrogens (tertiary/aromatic N) is 1. The summed E-state index contributed by atoms with van der Waals surface area (Å²) >= 11 is 0. The van der Waals surface area contributed by atoms with Gasteiger partial charge in [0.1, 0.15) is 5.75 Å². The Morgan fingerprint density at radius 3 is 2.30 bits per heavy atom. The minimum atomic E-state index is 0. The van der Waals surface area contributed by atoms with Crippen LogP contribution in [0.15, 0.2) is 54.6 Å². The summed E-state index contributed by atoms with van der Waals surface area (Å²) in [5.41, 5.74) is 2.30. The molecule has 1 heterocycles. The fraction of sp³-hybridized carbons (Fsp3) is 0.0667. The van der Waals surface area contributed by atoms with Crippen LogP contribution in [-0.4, -0.2) is 12.1 Å². The summed E-state index contributed by atoms with van der Waals surface area (Å²) in [7, 11) is 5.08. The lowest BCUT2D eigenvalue weighted by molar-refractivity contribution is -0.00000392. The van der Waals surface area contributed by atoms with Gasteiger partial charge in [0, 0.05) is 5.56 Å². The van der Waals surface area contributed by atoms with Crippen molar-refractivity contribution in [2.45, 2.75) is 0 Å². The third kappa shape index (κ3) is 3.15. The zero-order valence-electron chi connectivity index (χ0n) is 10.7. The van der Waals surface area contributed by atoms with Crippen molar-refractivity contribution in [1.82, 2.24) is 4.98 Å². The van der Waals surface area contributed by atoms with E-state index in [0.29, 0.717) is 0 Å². The Morgan fingerprint density at radius 1 is 0.950 bits per heavy atom. The third-order valence-electron chi connectivity index (χ3n) is 2.76. The first kappa shape index (κ1) is 14.9. The lowest BCUT2D eigenvalue weighted by atomic mass is 10.2. The first-order chi connectivity index (χ1) is 9.36. The number of hydrogen-bond acceptors (Lipinski definition) is 3. The highest BCUT2D eigenvalue weighted by Gasteiger charge is 2.18. The Morgan fingerprint density at radius 2 is 1.65 bits per heavy atom. The molecule has 1 aromatic heterocycles. The number of aromatic nitrogens is 1. The quantitative estimate of drug-likeness (QED) is 0.542. The van der Waals surface area contributed by atoms with E-state index in [1.165, 1.54) is 5.56 Å². The summed E-state index contributed by atoms with van der Waals surface area (Å²) < 4.78 is 5.17. The molecule has 0 aliphatic heterocycles. The van der Waals surface area contributed by atoms with Crippen molar-refractivity contribution in [3.8, 4) is 26.9 Å². The van der Waals surface area contributed by atoms with E-state index >= 15 is 0 Å². The lowest BCUT2D eigenvalue weighted by Gasteiger charge is -1.98. The van der Waals surface area contributed by atoms with E-state index in [0.717, 1.165) is 21.3 Å². The van der Waals surface area contributed by atoms with Crippen LogP contribution in [0.25, 0.3) is 21.1 Å². The maximum atomic E-state index is 5.17. The molecule has 0 aliphatic rings. The van der Waals surface area contributed by atoms with Crippen molar-refractivity contribution >= 4 is 20.7 Å². The van der Waals surface area contributed by atoms with Gasteiger partial charge in [-0.3, -0.25) is 0 Å². The van der Waals surface area contributed by atoms with Gasteiger partial charge in [-0.25, -0.2) is 0 Å². The van der Waals surface area contributed by atoms with E-state index in [1.54, 1.807) is 27.8 Å². The maximum Gasteiger partial charge on any atom is 0.348 e. The second kappa shape index (κ2) is 6.79. The Labute approximate surface area is 131 Å². The molecule has 3 aromatic rings. The number of methoxy groups -OCH3 is 1. The molecular weight excluding hydrogens is 310 g/mol. The summed E-state index contributed by atoms with van der Waals surface area (Å²) in [6.45, 7) is 0. The van der Waals surface area contributed by atoms with Crippen molar-refractivity contribution < 1.29 is 17.1 Å². The van der Waals surface area contributed by atoms with E-state index in [1.807, 2.05) is 42.5 Å². The molecule has 0 amide bonds. The molecule has 102 valence electrons. The largest absolute Gasteiger partial charge is 1.00 e. The minimum Gasteiger partial charge on any atom is -1.00 e. The van der Waals surface area contributed by atoms with E-state index in [-0.39, 0.29) is 12.4 Å². The molecule has 0 unspecified atom stereocenters. The molecule has 0 aliphatic carbocycles. The van der Waals surface area contributed by atoms with Gasteiger partial charge in [-0.2, -0.15) is 4.98 Å². The van der Waals surface area contributed by atoms with Crippen LogP contribution in [0.5, 0.6) is 5.75 Å². The highest BCUT2D eigenvalue weighted by molar-refractivity contribution is 7.71. The van der Waals surface area contributed by atoms with Crippen LogP contribution in [0.1, 0.15) is 0 Å². The molecule has 5 heteroatoms. The Balaban J connectivity index is 0.00000147. The van der Waals surface area contributed by atoms with Crippen molar-refractivity contribution in [2.24, 2.45) is 0 Å². The Hall–Kier alpha value is -1.49. The summed E-state index contributed by atoms with van der Waals surface area (Å²) in [4.78, 5) is 4.70. The molecule has 2 nitrogen and oxygen atoms in total. The SMILES string of the molecule is COc1ccc(-c2nc(-c3ccccc3)[s+]s2)cc1.[Cl-]. The molecule has 3 rings (SSSR count). The maximum absolute atomic E-state index is 5.17. The smallest absolute Gasteiger partial charge is 0.348 e. The molecule has 0 saturated carbocycles. The van der Waals surface area contributed by atoms with E-state index in [4.69, 9.17) is 9.72 Å². The molecular formula is C15H12ClNOS2. The van der Waals surface area contributed by atoms with Crippen LogP contribution < -0.4 is 17.1 Å². The van der Waals surface area contributed by atoms with Gasteiger partial charge in [0.2, 0.25) is 0 Å².